The molecule has 0 radical (unpaired) electrons. The first-order chi connectivity index (χ1) is 14.8. The summed E-state index contributed by atoms with van der Waals surface area (Å²) >= 11 is 0. The van der Waals surface area contributed by atoms with Gasteiger partial charge in [0.05, 0.1) is 18.8 Å². The molecule has 154 valence electrons. The van der Waals surface area contributed by atoms with Crippen molar-refractivity contribution in [2.45, 2.75) is 32.0 Å². The largest absolute Gasteiger partial charge is 0.376 e. The van der Waals surface area contributed by atoms with E-state index < -0.39 is 0 Å². The number of carbonyl (C=O) groups is 1. The van der Waals surface area contributed by atoms with Crippen LogP contribution in [0.2, 0.25) is 0 Å². The van der Waals surface area contributed by atoms with Gasteiger partial charge in [-0.25, -0.2) is 4.68 Å². The van der Waals surface area contributed by atoms with Gasteiger partial charge in [-0.15, -0.1) is 5.10 Å². The molecule has 0 spiro atoms. The number of aromatic nitrogens is 4. The van der Waals surface area contributed by atoms with Crippen LogP contribution in [0.1, 0.15) is 34.5 Å². The van der Waals surface area contributed by atoms with Crippen molar-refractivity contribution >= 4 is 12.0 Å². The number of allylic oxidation sites excluding steroid dienone is 1. The number of nitrogens with zero attached hydrogens (tertiary/aromatic N) is 5. The lowest BCUT2D eigenvalue weighted by Gasteiger charge is -2.24. The Bertz CT molecular complexity index is 966. The molecule has 0 aliphatic carbocycles. The zero-order chi connectivity index (χ0) is 20.6. The second-order valence-electron chi connectivity index (χ2n) is 7.32. The van der Waals surface area contributed by atoms with Gasteiger partial charge in [0, 0.05) is 32.1 Å². The van der Waals surface area contributed by atoms with E-state index in [4.69, 9.17) is 4.74 Å². The van der Waals surface area contributed by atoms with Gasteiger partial charge in [0.15, 0.2) is 5.69 Å². The van der Waals surface area contributed by atoms with Gasteiger partial charge in [0.2, 0.25) is 0 Å². The fraction of sp³-hybridized carbons (Fsp3) is 0.304. The number of benzene rings is 1. The molecule has 0 N–H and O–H groups in total. The summed E-state index contributed by atoms with van der Waals surface area (Å²) in [5.41, 5.74) is 2.48. The van der Waals surface area contributed by atoms with Crippen LogP contribution in [0, 0.1) is 0 Å². The Hall–Kier alpha value is -3.32. The predicted molar refractivity (Wildman–Crippen MR) is 113 cm³/mol. The average molecular weight is 403 g/mol. The summed E-state index contributed by atoms with van der Waals surface area (Å²) in [5, 5.41) is 8.23. The first kappa shape index (κ1) is 20.0. The van der Waals surface area contributed by atoms with Crippen LogP contribution in [-0.4, -0.2) is 50.0 Å². The van der Waals surface area contributed by atoms with Crippen LogP contribution >= 0.6 is 0 Å². The highest BCUT2D eigenvalue weighted by Gasteiger charge is 2.25. The molecule has 3 aromatic rings. The molecule has 1 fully saturated rings. The molecule has 2 aromatic heterocycles. The lowest BCUT2D eigenvalue weighted by molar-refractivity contribution is 0.0502. The lowest BCUT2D eigenvalue weighted by atomic mass is 10.2. The van der Waals surface area contributed by atoms with Crippen LogP contribution in [0.25, 0.3) is 6.08 Å². The van der Waals surface area contributed by atoms with Crippen LogP contribution < -0.4 is 0 Å². The molecule has 1 aliphatic heterocycles. The molecule has 1 aliphatic rings. The van der Waals surface area contributed by atoms with E-state index >= 15 is 0 Å². The number of rotatable bonds is 8. The minimum Gasteiger partial charge on any atom is -0.376 e. The maximum Gasteiger partial charge on any atom is 0.276 e. The van der Waals surface area contributed by atoms with E-state index in [1.54, 1.807) is 28.2 Å². The molecule has 1 atom stereocenters. The van der Waals surface area contributed by atoms with Crippen LogP contribution in [0.3, 0.4) is 0 Å². The molecule has 4 rings (SSSR count). The third kappa shape index (κ3) is 5.39. The highest BCUT2D eigenvalue weighted by molar-refractivity contribution is 5.91. The van der Waals surface area contributed by atoms with Gasteiger partial charge in [-0.1, -0.05) is 47.7 Å². The van der Waals surface area contributed by atoms with Gasteiger partial charge in [-0.05, 0) is 36.1 Å². The topological polar surface area (TPSA) is 73.1 Å². The third-order valence-corrected chi connectivity index (χ3v) is 5.02. The molecule has 7 heteroatoms. The van der Waals surface area contributed by atoms with Crippen molar-refractivity contribution in [2.24, 2.45) is 0 Å². The Morgan fingerprint density at radius 2 is 2.03 bits per heavy atom. The summed E-state index contributed by atoms with van der Waals surface area (Å²) < 4.78 is 7.42. The lowest BCUT2D eigenvalue weighted by Crippen LogP contribution is -2.37. The van der Waals surface area contributed by atoms with Crippen LogP contribution in [-0.2, 0) is 17.8 Å². The number of carbonyl (C=O) groups excluding carboxylic acids is 1. The predicted octanol–water partition coefficient (Wildman–Crippen LogP) is 3.21. The third-order valence-electron chi connectivity index (χ3n) is 5.02. The van der Waals surface area contributed by atoms with Crippen molar-refractivity contribution in [1.82, 2.24) is 24.9 Å². The number of hydrogen-bond donors (Lipinski definition) is 0. The number of pyridine rings is 1. The molecule has 30 heavy (non-hydrogen) atoms. The first-order valence-electron chi connectivity index (χ1n) is 10.2. The van der Waals surface area contributed by atoms with Gasteiger partial charge in [0.25, 0.3) is 5.91 Å². The van der Waals surface area contributed by atoms with Crippen molar-refractivity contribution in [3.8, 4) is 0 Å². The van der Waals surface area contributed by atoms with Crippen molar-refractivity contribution in [3.05, 3.63) is 84.0 Å². The minimum absolute atomic E-state index is 0.0691. The SMILES string of the molecule is O=C(c1cn(C/C=C/c2ccccc2)nn1)N(Cc1ccncc1)CC1CCCO1. The van der Waals surface area contributed by atoms with E-state index in [1.165, 1.54) is 0 Å². The van der Waals surface area contributed by atoms with E-state index in [2.05, 4.69) is 15.3 Å². The fourth-order valence-corrected chi connectivity index (χ4v) is 3.47. The summed E-state index contributed by atoms with van der Waals surface area (Å²) in [7, 11) is 0. The second kappa shape index (κ2) is 9.93. The Morgan fingerprint density at radius 1 is 1.20 bits per heavy atom. The van der Waals surface area contributed by atoms with Gasteiger partial charge in [-0.3, -0.25) is 9.78 Å². The smallest absolute Gasteiger partial charge is 0.276 e. The van der Waals surface area contributed by atoms with E-state index in [-0.39, 0.29) is 12.0 Å². The van der Waals surface area contributed by atoms with E-state index in [0.29, 0.717) is 25.3 Å². The van der Waals surface area contributed by atoms with Crippen LogP contribution in [0.5, 0.6) is 0 Å². The molecule has 1 saturated heterocycles. The van der Waals surface area contributed by atoms with Crippen molar-refractivity contribution < 1.29 is 9.53 Å². The van der Waals surface area contributed by atoms with Crippen molar-refractivity contribution in [1.29, 1.82) is 0 Å². The molecule has 7 nitrogen and oxygen atoms in total. The van der Waals surface area contributed by atoms with Gasteiger partial charge in [-0.2, -0.15) is 0 Å². The highest BCUT2D eigenvalue weighted by Crippen LogP contribution is 2.16. The molecule has 3 heterocycles. The van der Waals surface area contributed by atoms with Gasteiger partial charge < -0.3 is 9.64 Å². The van der Waals surface area contributed by atoms with Crippen molar-refractivity contribution in [3.63, 3.8) is 0 Å². The summed E-state index contributed by atoms with van der Waals surface area (Å²) in [6.45, 7) is 2.33. The maximum atomic E-state index is 13.2. The first-order valence-corrected chi connectivity index (χ1v) is 10.2. The summed E-state index contributed by atoms with van der Waals surface area (Å²) in [5.74, 6) is -0.138. The average Bonchev–Trinajstić information content (AvgIpc) is 3.47. The standard InChI is InChI=1S/C23H25N5O2/c29-23(22-18-28(26-25-22)14-4-8-19-6-2-1-3-7-19)27(17-21-9-5-15-30-21)16-20-10-12-24-13-11-20/h1-4,6-8,10-13,18,21H,5,9,14-17H2/b8-4+. The monoisotopic (exact) mass is 403 g/mol. The minimum atomic E-state index is -0.138. The van der Waals surface area contributed by atoms with Crippen molar-refractivity contribution in [2.75, 3.05) is 13.2 Å². The Kier molecular flexibility index (Phi) is 6.61. The van der Waals surface area contributed by atoms with Crippen LogP contribution in [0.15, 0.2) is 67.1 Å². The summed E-state index contributed by atoms with van der Waals surface area (Å²) in [4.78, 5) is 19.0. The van der Waals surface area contributed by atoms with Gasteiger partial charge >= 0.3 is 0 Å². The molecule has 1 unspecified atom stereocenters. The Labute approximate surface area is 176 Å². The normalized spacial score (nSPS) is 16.2. The zero-order valence-electron chi connectivity index (χ0n) is 16.8. The molecule has 0 bridgehead atoms. The van der Waals surface area contributed by atoms with Gasteiger partial charge in [0.1, 0.15) is 0 Å². The zero-order valence-corrected chi connectivity index (χ0v) is 16.8. The second-order valence-corrected chi connectivity index (χ2v) is 7.32. The quantitative estimate of drug-likeness (QED) is 0.577. The molecular formula is C23H25N5O2. The summed E-state index contributed by atoms with van der Waals surface area (Å²) in [6.07, 6.45) is 11.3. The van der Waals surface area contributed by atoms with E-state index in [0.717, 1.165) is 30.6 Å². The van der Waals surface area contributed by atoms with E-state index in [9.17, 15) is 4.79 Å². The molecular weight excluding hydrogens is 378 g/mol. The Morgan fingerprint density at radius 3 is 2.80 bits per heavy atom. The molecule has 0 saturated carbocycles. The Balaban J connectivity index is 1.43. The number of hydrogen-bond acceptors (Lipinski definition) is 5. The van der Waals surface area contributed by atoms with Crippen LogP contribution in [0.4, 0.5) is 0 Å². The molecule has 1 aromatic carbocycles. The number of ether oxygens (including phenoxy) is 1. The fourth-order valence-electron chi connectivity index (χ4n) is 3.47. The highest BCUT2D eigenvalue weighted by atomic mass is 16.5. The summed E-state index contributed by atoms with van der Waals surface area (Å²) in [6, 6.07) is 13.9. The number of amides is 1. The van der Waals surface area contributed by atoms with E-state index in [1.807, 2.05) is 54.6 Å². The molecule has 1 amide bonds. The maximum absolute atomic E-state index is 13.2.